The molecule has 0 saturated carbocycles. The average molecular weight is 674 g/mol. The number of nitrogens with zero attached hydrogens (tertiary/aromatic N) is 3. The Morgan fingerprint density at radius 1 is 0.872 bits per heavy atom. The smallest absolute Gasteiger partial charge is 0.301 e. The van der Waals surface area contributed by atoms with Crippen LogP contribution in [-0.2, 0) is 15.3 Å². The van der Waals surface area contributed by atoms with Crippen molar-refractivity contribution < 1.29 is 28.9 Å². The fourth-order valence-electron chi connectivity index (χ4n) is 5.12. The summed E-state index contributed by atoms with van der Waals surface area (Å²) in [6.45, 7) is 7.52. The van der Waals surface area contributed by atoms with Crippen molar-refractivity contribution in [1.29, 1.82) is 0 Å². The number of Topliss-reactive ketones (excluding diaryl/α,β-unsaturated/α-hetero) is 1. The van der Waals surface area contributed by atoms with E-state index in [4.69, 9.17) is 14.2 Å². The van der Waals surface area contributed by atoms with Crippen molar-refractivity contribution in [2.75, 3.05) is 24.7 Å². The van der Waals surface area contributed by atoms with Crippen LogP contribution in [0.25, 0.3) is 5.76 Å². The van der Waals surface area contributed by atoms with E-state index < -0.39 is 17.7 Å². The predicted octanol–water partition coefficient (Wildman–Crippen LogP) is 8.21. The van der Waals surface area contributed by atoms with Gasteiger partial charge in [-0.15, -0.1) is 10.2 Å². The Hall–Kier alpha value is -4.35. The second-order valence-corrected chi connectivity index (χ2v) is 13.0. The number of aliphatic hydroxyl groups is 1. The van der Waals surface area contributed by atoms with Crippen molar-refractivity contribution >= 4 is 45.7 Å². The van der Waals surface area contributed by atoms with Gasteiger partial charge < -0.3 is 19.3 Å². The van der Waals surface area contributed by atoms with Crippen LogP contribution < -0.4 is 19.1 Å². The Balaban J connectivity index is 1.54. The van der Waals surface area contributed by atoms with Crippen molar-refractivity contribution in [1.82, 2.24) is 10.2 Å². The molecule has 47 heavy (non-hydrogen) atoms. The van der Waals surface area contributed by atoms with Crippen LogP contribution in [0.1, 0.15) is 69.2 Å². The quantitative estimate of drug-likeness (QED) is 0.0314. The molecule has 1 aromatic heterocycles. The molecule has 0 spiro atoms. The molecule has 2 heterocycles. The van der Waals surface area contributed by atoms with Gasteiger partial charge in [0.1, 0.15) is 11.5 Å². The first-order valence-corrected chi connectivity index (χ1v) is 17.7. The van der Waals surface area contributed by atoms with Gasteiger partial charge in [-0.2, -0.15) is 0 Å². The van der Waals surface area contributed by atoms with E-state index in [1.165, 1.54) is 28.0 Å². The third-order valence-corrected chi connectivity index (χ3v) is 9.57. The third-order valence-electron chi connectivity index (χ3n) is 7.44. The molecule has 4 aromatic rings. The van der Waals surface area contributed by atoms with E-state index in [9.17, 15) is 14.7 Å². The molecule has 1 atom stereocenters. The Morgan fingerprint density at radius 2 is 1.66 bits per heavy atom. The van der Waals surface area contributed by atoms with Gasteiger partial charge in [0, 0.05) is 11.3 Å². The number of hydrogen-bond acceptors (Lipinski definition) is 10. The number of ketones is 1. The zero-order chi connectivity index (χ0) is 33.2. The Morgan fingerprint density at radius 3 is 2.38 bits per heavy atom. The Bertz CT molecular complexity index is 1690. The molecule has 0 bridgehead atoms. The van der Waals surface area contributed by atoms with Gasteiger partial charge in [0.2, 0.25) is 5.13 Å². The maximum atomic E-state index is 13.8. The largest absolute Gasteiger partial charge is 0.507 e. The topological polar surface area (TPSA) is 111 Å². The number of anilines is 1. The number of rotatable bonds is 16. The van der Waals surface area contributed by atoms with E-state index in [-0.39, 0.29) is 16.5 Å². The molecule has 0 radical (unpaired) electrons. The SMILES string of the molecule is CCCCCOc1ccc(C2/C(=C(\O)c3ccc(OCCC)cc3)C(=O)C(=O)N2c2nnc(SCc3ccccc3)s2)cc1OCC. The number of ether oxygens (including phenoxy) is 3. The van der Waals surface area contributed by atoms with Crippen molar-refractivity contribution in [3.05, 3.63) is 95.1 Å². The lowest BCUT2D eigenvalue weighted by Crippen LogP contribution is -2.29. The van der Waals surface area contributed by atoms with Gasteiger partial charge in [-0.1, -0.05) is 86.2 Å². The summed E-state index contributed by atoms with van der Waals surface area (Å²) >= 11 is 2.72. The molecule has 1 aliphatic heterocycles. The lowest BCUT2D eigenvalue weighted by molar-refractivity contribution is -0.132. The molecule has 246 valence electrons. The van der Waals surface area contributed by atoms with E-state index in [0.29, 0.717) is 58.3 Å². The molecule has 1 unspecified atom stereocenters. The normalized spacial score (nSPS) is 15.6. The molecule has 3 aromatic carbocycles. The van der Waals surface area contributed by atoms with Crippen molar-refractivity contribution in [3.63, 3.8) is 0 Å². The summed E-state index contributed by atoms with van der Waals surface area (Å²) in [4.78, 5) is 28.8. The number of carbonyl (C=O) groups is 2. The van der Waals surface area contributed by atoms with Crippen molar-refractivity contribution in [2.45, 2.75) is 62.6 Å². The van der Waals surface area contributed by atoms with Crippen molar-refractivity contribution in [2.24, 2.45) is 0 Å². The monoisotopic (exact) mass is 673 g/mol. The first-order valence-electron chi connectivity index (χ1n) is 15.9. The predicted molar refractivity (Wildman–Crippen MR) is 186 cm³/mol. The number of aromatic nitrogens is 2. The fraction of sp³-hybridized carbons (Fsp3) is 0.333. The van der Waals surface area contributed by atoms with Gasteiger partial charge in [-0.05, 0) is 67.3 Å². The van der Waals surface area contributed by atoms with E-state index in [2.05, 4.69) is 17.1 Å². The minimum atomic E-state index is -0.987. The fourth-order valence-corrected chi connectivity index (χ4v) is 6.95. The van der Waals surface area contributed by atoms with E-state index in [1.54, 1.807) is 42.5 Å². The van der Waals surface area contributed by atoms with E-state index in [1.807, 2.05) is 44.2 Å². The minimum absolute atomic E-state index is 0.0509. The summed E-state index contributed by atoms with van der Waals surface area (Å²) in [7, 11) is 0. The summed E-state index contributed by atoms with van der Waals surface area (Å²) in [5.41, 5.74) is 2.02. The lowest BCUT2D eigenvalue weighted by atomic mass is 9.95. The molecular formula is C36H39N3O6S2. The number of thioether (sulfide) groups is 1. The van der Waals surface area contributed by atoms with Crippen LogP contribution in [0.3, 0.4) is 0 Å². The van der Waals surface area contributed by atoms with Crippen LogP contribution in [0, 0.1) is 0 Å². The maximum absolute atomic E-state index is 13.8. The van der Waals surface area contributed by atoms with Crippen LogP contribution in [-0.4, -0.2) is 46.8 Å². The van der Waals surface area contributed by atoms with Gasteiger partial charge in [0.05, 0.1) is 31.4 Å². The summed E-state index contributed by atoms with van der Waals surface area (Å²) < 4.78 is 18.3. The zero-order valence-corrected chi connectivity index (χ0v) is 28.4. The molecule has 0 aliphatic carbocycles. The number of aliphatic hydroxyl groups excluding tert-OH is 1. The zero-order valence-electron chi connectivity index (χ0n) is 26.8. The van der Waals surface area contributed by atoms with E-state index >= 15 is 0 Å². The number of benzene rings is 3. The second-order valence-electron chi connectivity index (χ2n) is 10.9. The van der Waals surface area contributed by atoms with Crippen LogP contribution >= 0.6 is 23.1 Å². The summed E-state index contributed by atoms with van der Waals surface area (Å²) in [5.74, 6) is 0.471. The maximum Gasteiger partial charge on any atom is 0.301 e. The molecule has 9 nitrogen and oxygen atoms in total. The van der Waals surface area contributed by atoms with Crippen LogP contribution in [0.15, 0.2) is 82.7 Å². The molecule has 5 rings (SSSR count). The highest BCUT2D eigenvalue weighted by Crippen LogP contribution is 2.45. The second kappa shape index (κ2) is 16.5. The average Bonchev–Trinajstić information content (AvgIpc) is 3.67. The van der Waals surface area contributed by atoms with Gasteiger partial charge in [0.15, 0.2) is 15.8 Å². The highest BCUT2D eigenvalue weighted by atomic mass is 32.2. The summed E-state index contributed by atoms with van der Waals surface area (Å²) in [5, 5.41) is 20.5. The molecule has 1 saturated heterocycles. The number of carbonyl (C=O) groups excluding carboxylic acids is 2. The third kappa shape index (κ3) is 8.15. The molecular weight excluding hydrogens is 635 g/mol. The Labute approximate surface area is 283 Å². The van der Waals surface area contributed by atoms with Gasteiger partial charge in [-0.25, -0.2) is 0 Å². The highest BCUT2D eigenvalue weighted by molar-refractivity contribution is 8.00. The van der Waals surface area contributed by atoms with Crippen LogP contribution in [0.4, 0.5) is 5.13 Å². The summed E-state index contributed by atoms with van der Waals surface area (Å²) in [6.07, 6.45) is 3.89. The molecule has 1 amide bonds. The molecule has 1 N–H and O–H groups in total. The molecule has 11 heteroatoms. The van der Waals surface area contributed by atoms with Gasteiger partial charge >= 0.3 is 5.91 Å². The molecule has 1 fully saturated rings. The highest BCUT2D eigenvalue weighted by Gasteiger charge is 2.48. The molecule has 1 aliphatic rings. The van der Waals surface area contributed by atoms with Crippen molar-refractivity contribution in [3.8, 4) is 17.2 Å². The first-order chi connectivity index (χ1) is 22.9. The number of hydrogen-bond donors (Lipinski definition) is 1. The van der Waals surface area contributed by atoms with Gasteiger partial charge in [-0.3, -0.25) is 14.5 Å². The lowest BCUT2D eigenvalue weighted by Gasteiger charge is -2.23. The van der Waals surface area contributed by atoms with Crippen LogP contribution in [0.2, 0.25) is 0 Å². The standard InChI is InChI=1S/C36H39N3O6S2/c1-4-7-11-21-45-28-19-16-26(22-29(28)43-6-3)31-30(32(40)25-14-17-27(18-15-25)44-20-5-2)33(41)34(42)39(31)35-37-38-36(47-35)46-23-24-12-9-8-10-13-24/h8-10,12-19,22,31,40H,4-7,11,20-21,23H2,1-3H3/b32-30+. The van der Waals surface area contributed by atoms with Crippen LogP contribution in [0.5, 0.6) is 17.2 Å². The first kappa shape index (κ1) is 34.0. The number of amides is 1. The Kier molecular flexibility index (Phi) is 11.9. The van der Waals surface area contributed by atoms with Gasteiger partial charge in [0.25, 0.3) is 5.78 Å². The minimum Gasteiger partial charge on any atom is -0.507 e. The van der Waals surface area contributed by atoms with E-state index in [0.717, 1.165) is 31.2 Å². The summed E-state index contributed by atoms with van der Waals surface area (Å²) in [6, 6.07) is 21.1. The number of unbranched alkanes of at least 4 members (excludes halogenated alkanes) is 2.